The summed E-state index contributed by atoms with van der Waals surface area (Å²) in [7, 11) is 0. The third-order valence-electron chi connectivity index (χ3n) is 2.62. The van der Waals surface area contributed by atoms with E-state index in [-0.39, 0.29) is 0 Å². The van der Waals surface area contributed by atoms with Crippen molar-refractivity contribution in [1.82, 2.24) is 5.32 Å². The Labute approximate surface area is 96.8 Å². The molecule has 0 saturated carbocycles. The highest BCUT2D eigenvalue weighted by atomic mass is 19.1. The van der Waals surface area contributed by atoms with Gasteiger partial charge in [-0.05, 0) is 17.7 Å². The number of hydrogen-bond acceptors (Lipinski definition) is 4. The molecule has 0 bridgehead atoms. The van der Waals surface area contributed by atoms with Crippen LogP contribution in [0.2, 0.25) is 0 Å². The number of carboxylic acid groups (broad SMARTS) is 1. The van der Waals surface area contributed by atoms with E-state index in [0.717, 1.165) is 6.07 Å². The molecule has 1 aromatic rings. The van der Waals surface area contributed by atoms with Crippen molar-refractivity contribution >= 4 is 5.97 Å². The number of carboxylic acids is 1. The molecular weight excluding hydrogens is 229 g/mol. The maximum absolute atomic E-state index is 13.4. The second-order valence-electron chi connectivity index (χ2n) is 3.77. The van der Waals surface area contributed by atoms with Crippen molar-refractivity contribution in [2.45, 2.75) is 6.10 Å². The van der Waals surface area contributed by atoms with Crippen LogP contribution >= 0.6 is 0 Å². The summed E-state index contributed by atoms with van der Waals surface area (Å²) in [5.41, 5.74) is -0.0425. The van der Waals surface area contributed by atoms with Gasteiger partial charge in [0.1, 0.15) is 5.56 Å². The normalized spacial score (nSPS) is 20.2. The van der Waals surface area contributed by atoms with Crippen LogP contribution in [0.3, 0.4) is 0 Å². The molecule has 17 heavy (non-hydrogen) atoms. The van der Waals surface area contributed by atoms with E-state index in [9.17, 15) is 14.3 Å². The van der Waals surface area contributed by atoms with E-state index in [2.05, 4.69) is 5.32 Å². The van der Waals surface area contributed by atoms with E-state index in [1.807, 2.05) is 0 Å². The van der Waals surface area contributed by atoms with Crippen LogP contribution in [0.4, 0.5) is 4.39 Å². The van der Waals surface area contributed by atoms with Gasteiger partial charge in [-0.3, -0.25) is 0 Å². The maximum atomic E-state index is 13.4. The third-order valence-corrected chi connectivity index (χ3v) is 2.62. The minimum absolute atomic E-state index is 0.392. The molecule has 0 amide bonds. The number of benzene rings is 1. The monoisotopic (exact) mass is 241 g/mol. The van der Waals surface area contributed by atoms with Crippen molar-refractivity contribution < 1.29 is 24.1 Å². The Morgan fingerprint density at radius 3 is 2.88 bits per heavy atom. The zero-order chi connectivity index (χ0) is 12.4. The molecule has 3 N–H and O–H groups in total. The molecule has 1 saturated heterocycles. The van der Waals surface area contributed by atoms with Crippen molar-refractivity contribution in [2.24, 2.45) is 0 Å². The van der Waals surface area contributed by atoms with Crippen LogP contribution < -0.4 is 5.32 Å². The lowest BCUT2D eigenvalue weighted by Crippen LogP contribution is -2.33. The number of rotatable bonds is 2. The van der Waals surface area contributed by atoms with Gasteiger partial charge < -0.3 is 20.3 Å². The maximum Gasteiger partial charge on any atom is 0.339 e. The Bertz CT molecular complexity index is 443. The van der Waals surface area contributed by atoms with E-state index < -0.39 is 29.2 Å². The topological polar surface area (TPSA) is 78.8 Å². The summed E-state index contributed by atoms with van der Waals surface area (Å²) in [6.07, 6.45) is -0.392. The summed E-state index contributed by atoms with van der Waals surface area (Å²) < 4.78 is 18.8. The van der Waals surface area contributed by atoms with E-state index in [4.69, 9.17) is 9.84 Å². The molecule has 0 radical (unpaired) electrons. The zero-order valence-electron chi connectivity index (χ0n) is 8.94. The van der Waals surface area contributed by atoms with Gasteiger partial charge in [0.15, 0.2) is 11.6 Å². The van der Waals surface area contributed by atoms with Gasteiger partial charge in [-0.25, -0.2) is 9.18 Å². The summed E-state index contributed by atoms with van der Waals surface area (Å²) in [6.45, 7) is 1.68. The van der Waals surface area contributed by atoms with Crippen molar-refractivity contribution in [2.75, 3.05) is 19.7 Å². The first-order chi connectivity index (χ1) is 8.09. The highest BCUT2D eigenvalue weighted by molar-refractivity contribution is 5.91. The van der Waals surface area contributed by atoms with Crippen molar-refractivity contribution in [3.8, 4) is 5.75 Å². The Hall–Kier alpha value is -1.66. The van der Waals surface area contributed by atoms with Gasteiger partial charge in [0.2, 0.25) is 0 Å². The van der Waals surface area contributed by atoms with Gasteiger partial charge >= 0.3 is 5.97 Å². The lowest BCUT2D eigenvalue weighted by Gasteiger charge is -2.24. The number of phenols is 1. The van der Waals surface area contributed by atoms with Gasteiger partial charge in [0, 0.05) is 13.1 Å². The Balaban J connectivity index is 2.37. The van der Waals surface area contributed by atoms with Crippen LogP contribution in [0.15, 0.2) is 12.1 Å². The fourth-order valence-electron chi connectivity index (χ4n) is 1.75. The molecule has 0 aliphatic carbocycles. The fraction of sp³-hybridized carbons (Fsp3) is 0.364. The van der Waals surface area contributed by atoms with Gasteiger partial charge in [-0.15, -0.1) is 0 Å². The average Bonchev–Trinajstić information content (AvgIpc) is 2.33. The summed E-state index contributed by atoms with van der Waals surface area (Å²) in [6, 6.07) is 2.33. The van der Waals surface area contributed by atoms with Crippen LogP contribution in [0.5, 0.6) is 5.75 Å². The second kappa shape index (κ2) is 4.68. The molecular formula is C11H12FNO4. The molecule has 1 aliphatic rings. The summed E-state index contributed by atoms with van der Waals surface area (Å²) in [5, 5.41) is 21.2. The molecule has 1 fully saturated rings. The molecule has 1 atom stereocenters. The second-order valence-corrected chi connectivity index (χ2v) is 3.77. The lowest BCUT2D eigenvalue weighted by molar-refractivity contribution is 0.0274. The SMILES string of the molecule is O=C(O)c1cc(C2CNCCO2)cc(F)c1O. The predicted molar refractivity (Wildman–Crippen MR) is 56.6 cm³/mol. The highest BCUT2D eigenvalue weighted by Crippen LogP contribution is 2.28. The Kier molecular flexibility index (Phi) is 3.26. The molecule has 1 unspecified atom stereocenters. The molecule has 2 rings (SSSR count). The number of ether oxygens (including phenoxy) is 1. The summed E-state index contributed by atoms with van der Waals surface area (Å²) >= 11 is 0. The van der Waals surface area contributed by atoms with Crippen molar-refractivity contribution in [3.63, 3.8) is 0 Å². The number of halogens is 1. The smallest absolute Gasteiger partial charge is 0.339 e. The quantitative estimate of drug-likeness (QED) is 0.716. The predicted octanol–water partition coefficient (Wildman–Crippen LogP) is 0.890. The molecule has 1 heterocycles. The molecule has 92 valence electrons. The van der Waals surface area contributed by atoms with E-state index in [1.54, 1.807) is 0 Å². The van der Waals surface area contributed by atoms with Gasteiger partial charge in [-0.2, -0.15) is 0 Å². The van der Waals surface area contributed by atoms with Gasteiger partial charge in [0.05, 0.1) is 12.7 Å². The standard InChI is InChI=1S/C11H12FNO4/c12-8-4-6(9-5-13-1-2-17-9)3-7(10(8)14)11(15)16/h3-4,9,13-14H,1-2,5H2,(H,15,16). The van der Waals surface area contributed by atoms with E-state index >= 15 is 0 Å². The van der Waals surface area contributed by atoms with Crippen LogP contribution in [0, 0.1) is 5.82 Å². The number of morpholine rings is 1. The fourth-order valence-corrected chi connectivity index (χ4v) is 1.75. The van der Waals surface area contributed by atoms with E-state index in [0.29, 0.717) is 25.3 Å². The van der Waals surface area contributed by atoms with Crippen LogP contribution in [-0.2, 0) is 4.74 Å². The van der Waals surface area contributed by atoms with Gasteiger partial charge in [-0.1, -0.05) is 0 Å². The lowest BCUT2D eigenvalue weighted by atomic mass is 10.0. The first-order valence-corrected chi connectivity index (χ1v) is 5.17. The number of carbonyl (C=O) groups is 1. The van der Waals surface area contributed by atoms with Crippen LogP contribution in [0.1, 0.15) is 22.0 Å². The molecule has 0 spiro atoms. The van der Waals surface area contributed by atoms with Crippen molar-refractivity contribution in [1.29, 1.82) is 0 Å². The van der Waals surface area contributed by atoms with Crippen LogP contribution in [-0.4, -0.2) is 35.9 Å². The van der Waals surface area contributed by atoms with Gasteiger partial charge in [0.25, 0.3) is 0 Å². The molecule has 1 aliphatic heterocycles. The van der Waals surface area contributed by atoms with Crippen LogP contribution in [0.25, 0.3) is 0 Å². The first-order valence-electron chi connectivity index (χ1n) is 5.17. The van der Waals surface area contributed by atoms with E-state index in [1.165, 1.54) is 6.07 Å². The molecule has 6 heteroatoms. The minimum atomic E-state index is -1.37. The molecule has 1 aromatic carbocycles. The largest absolute Gasteiger partial charge is 0.504 e. The number of aromatic carboxylic acids is 1. The number of hydrogen-bond donors (Lipinski definition) is 3. The Morgan fingerprint density at radius 2 is 2.29 bits per heavy atom. The zero-order valence-corrected chi connectivity index (χ0v) is 8.94. The highest BCUT2D eigenvalue weighted by Gasteiger charge is 2.21. The van der Waals surface area contributed by atoms with Crippen molar-refractivity contribution in [3.05, 3.63) is 29.1 Å². The summed E-state index contributed by atoms with van der Waals surface area (Å²) in [4.78, 5) is 10.8. The third kappa shape index (κ3) is 2.37. The average molecular weight is 241 g/mol. The first kappa shape index (κ1) is 11.8. The number of nitrogens with one attached hydrogen (secondary N) is 1. The molecule has 5 nitrogen and oxygen atoms in total. The molecule has 0 aromatic heterocycles. The Morgan fingerprint density at radius 1 is 1.53 bits per heavy atom. The number of aromatic hydroxyl groups is 1. The summed E-state index contributed by atoms with van der Waals surface area (Å²) in [5.74, 6) is -3.16. The minimum Gasteiger partial charge on any atom is -0.504 e.